The van der Waals surface area contributed by atoms with Crippen molar-refractivity contribution in [3.8, 4) is 6.07 Å². The van der Waals surface area contributed by atoms with Gasteiger partial charge in [0.25, 0.3) is 0 Å². The molecule has 0 bridgehead atoms. The molecule has 0 aromatic rings. The first kappa shape index (κ1) is 9.91. The molecule has 2 fully saturated rings. The van der Waals surface area contributed by atoms with Gasteiger partial charge in [-0.2, -0.15) is 5.26 Å². The Morgan fingerprint density at radius 1 is 1.50 bits per heavy atom. The van der Waals surface area contributed by atoms with Crippen LogP contribution >= 0.6 is 0 Å². The lowest BCUT2D eigenvalue weighted by molar-refractivity contribution is 0.102. The van der Waals surface area contributed by atoms with Crippen molar-refractivity contribution in [2.75, 3.05) is 26.4 Å². The molecule has 0 spiro atoms. The van der Waals surface area contributed by atoms with Crippen molar-refractivity contribution >= 4 is 0 Å². The van der Waals surface area contributed by atoms with Crippen molar-refractivity contribution in [3.63, 3.8) is 0 Å². The molecular weight excluding hydrogens is 180 g/mol. The Labute approximate surface area is 84.2 Å². The number of rotatable bonds is 3. The molecule has 2 aliphatic rings. The van der Waals surface area contributed by atoms with Gasteiger partial charge in [0, 0.05) is 26.2 Å². The third-order valence-electron chi connectivity index (χ3n) is 2.93. The average molecular weight is 196 g/mol. The highest BCUT2D eigenvalue weighted by molar-refractivity contribution is 5.09. The SMILES string of the molecule is N#CC1(NCC2CCCO2)CCOC1. The summed E-state index contributed by atoms with van der Waals surface area (Å²) in [5.74, 6) is 0. The van der Waals surface area contributed by atoms with E-state index >= 15 is 0 Å². The smallest absolute Gasteiger partial charge is 0.132 e. The quantitative estimate of drug-likeness (QED) is 0.711. The summed E-state index contributed by atoms with van der Waals surface area (Å²) in [4.78, 5) is 0. The maximum atomic E-state index is 9.06. The Hall–Kier alpha value is -0.630. The third-order valence-corrected chi connectivity index (χ3v) is 2.93. The van der Waals surface area contributed by atoms with Gasteiger partial charge >= 0.3 is 0 Å². The minimum Gasteiger partial charge on any atom is -0.378 e. The van der Waals surface area contributed by atoms with Crippen LogP contribution in [-0.2, 0) is 9.47 Å². The third kappa shape index (κ3) is 2.06. The number of ether oxygens (including phenoxy) is 2. The van der Waals surface area contributed by atoms with E-state index in [9.17, 15) is 0 Å². The summed E-state index contributed by atoms with van der Waals surface area (Å²) in [6.45, 7) is 2.83. The van der Waals surface area contributed by atoms with Crippen LogP contribution in [0.1, 0.15) is 19.3 Å². The summed E-state index contributed by atoms with van der Waals surface area (Å²) in [5, 5.41) is 12.3. The lowest BCUT2D eigenvalue weighted by Gasteiger charge is -2.22. The molecule has 2 rings (SSSR count). The zero-order valence-electron chi connectivity index (χ0n) is 8.29. The summed E-state index contributed by atoms with van der Waals surface area (Å²) in [5.41, 5.74) is -0.452. The van der Waals surface area contributed by atoms with Crippen molar-refractivity contribution in [2.45, 2.75) is 30.9 Å². The molecule has 78 valence electrons. The van der Waals surface area contributed by atoms with Crippen LogP contribution in [0.2, 0.25) is 0 Å². The Morgan fingerprint density at radius 2 is 2.43 bits per heavy atom. The van der Waals surface area contributed by atoms with Crippen molar-refractivity contribution in [1.29, 1.82) is 5.26 Å². The monoisotopic (exact) mass is 196 g/mol. The van der Waals surface area contributed by atoms with Gasteiger partial charge in [-0.05, 0) is 12.8 Å². The van der Waals surface area contributed by atoms with E-state index in [1.54, 1.807) is 0 Å². The topological polar surface area (TPSA) is 54.3 Å². The predicted octanol–water partition coefficient (Wildman–Crippen LogP) is 0.438. The molecule has 0 aromatic heterocycles. The fourth-order valence-corrected chi connectivity index (χ4v) is 1.95. The van der Waals surface area contributed by atoms with Gasteiger partial charge in [0.15, 0.2) is 0 Å². The van der Waals surface area contributed by atoms with Crippen molar-refractivity contribution in [3.05, 3.63) is 0 Å². The van der Waals surface area contributed by atoms with Gasteiger partial charge in [0.2, 0.25) is 0 Å². The van der Waals surface area contributed by atoms with Gasteiger partial charge in [-0.3, -0.25) is 5.32 Å². The fraction of sp³-hybridized carbons (Fsp3) is 0.900. The van der Waals surface area contributed by atoms with Crippen LogP contribution in [0.4, 0.5) is 0 Å². The number of hydrogen-bond donors (Lipinski definition) is 1. The lowest BCUT2D eigenvalue weighted by Crippen LogP contribution is -2.47. The number of nitriles is 1. The van der Waals surface area contributed by atoms with Crippen LogP contribution in [0.5, 0.6) is 0 Å². The molecule has 2 aliphatic heterocycles. The highest BCUT2D eigenvalue weighted by Gasteiger charge is 2.35. The molecule has 2 atom stereocenters. The second kappa shape index (κ2) is 4.26. The summed E-state index contributed by atoms with van der Waals surface area (Å²) < 4.78 is 10.7. The average Bonchev–Trinajstić information content (AvgIpc) is 2.87. The normalized spacial score (nSPS) is 37.2. The van der Waals surface area contributed by atoms with Crippen LogP contribution in [0.3, 0.4) is 0 Å². The van der Waals surface area contributed by atoms with Gasteiger partial charge in [0.1, 0.15) is 5.54 Å². The van der Waals surface area contributed by atoms with Crippen LogP contribution in [0.15, 0.2) is 0 Å². The molecule has 2 heterocycles. The molecule has 0 amide bonds. The van der Waals surface area contributed by atoms with Crippen molar-refractivity contribution < 1.29 is 9.47 Å². The molecule has 0 aromatic carbocycles. The van der Waals surface area contributed by atoms with Crippen molar-refractivity contribution in [2.24, 2.45) is 0 Å². The van der Waals surface area contributed by atoms with E-state index in [0.717, 1.165) is 32.4 Å². The number of nitrogens with zero attached hydrogens (tertiary/aromatic N) is 1. The van der Waals surface area contributed by atoms with Gasteiger partial charge in [-0.25, -0.2) is 0 Å². The van der Waals surface area contributed by atoms with E-state index in [4.69, 9.17) is 14.7 Å². The molecule has 2 unspecified atom stereocenters. The molecule has 4 heteroatoms. The van der Waals surface area contributed by atoms with Crippen LogP contribution in [-0.4, -0.2) is 38.0 Å². The fourth-order valence-electron chi connectivity index (χ4n) is 1.95. The van der Waals surface area contributed by atoms with Crippen LogP contribution in [0, 0.1) is 11.3 Å². The molecular formula is C10H16N2O2. The number of nitrogens with one attached hydrogen (secondary N) is 1. The molecule has 14 heavy (non-hydrogen) atoms. The molecule has 2 saturated heterocycles. The Balaban J connectivity index is 1.80. The van der Waals surface area contributed by atoms with Gasteiger partial charge in [-0.1, -0.05) is 0 Å². The first-order chi connectivity index (χ1) is 6.85. The Kier molecular flexibility index (Phi) is 3.02. The maximum absolute atomic E-state index is 9.06. The molecule has 0 aliphatic carbocycles. The van der Waals surface area contributed by atoms with E-state index in [2.05, 4.69) is 11.4 Å². The highest BCUT2D eigenvalue weighted by Crippen LogP contribution is 2.19. The largest absolute Gasteiger partial charge is 0.378 e. The van der Waals surface area contributed by atoms with E-state index in [0.29, 0.717) is 19.3 Å². The summed E-state index contributed by atoms with van der Waals surface area (Å²) >= 11 is 0. The van der Waals surface area contributed by atoms with Crippen molar-refractivity contribution in [1.82, 2.24) is 5.32 Å². The highest BCUT2D eigenvalue weighted by atomic mass is 16.5. The summed E-state index contributed by atoms with van der Waals surface area (Å²) in [6, 6.07) is 2.31. The first-order valence-electron chi connectivity index (χ1n) is 5.20. The van der Waals surface area contributed by atoms with E-state index in [1.165, 1.54) is 0 Å². The standard InChI is InChI=1S/C10H16N2O2/c11-7-10(3-5-13-8-10)12-6-9-2-1-4-14-9/h9,12H,1-6,8H2. The van der Waals surface area contributed by atoms with E-state index < -0.39 is 5.54 Å². The minimum absolute atomic E-state index is 0.292. The minimum atomic E-state index is -0.452. The van der Waals surface area contributed by atoms with Gasteiger partial charge in [-0.15, -0.1) is 0 Å². The molecule has 4 nitrogen and oxygen atoms in total. The molecule has 0 radical (unpaired) electrons. The van der Waals surface area contributed by atoms with E-state index in [-0.39, 0.29) is 0 Å². The zero-order chi connectivity index (χ0) is 9.86. The summed E-state index contributed by atoms with van der Waals surface area (Å²) in [6.07, 6.45) is 3.33. The van der Waals surface area contributed by atoms with Crippen LogP contribution < -0.4 is 5.32 Å². The Morgan fingerprint density at radius 3 is 3.00 bits per heavy atom. The van der Waals surface area contributed by atoms with E-state index in [1.807, 2.05) is 0 Å². The van der Waals surface area contributed by atoms with Gasteiger partial charge < -0.3 is 9.47 Å². The number of hydrogen-bond acceptors (Lipinski definition) is 4. The predicted molar refractivity (Wildman–Crippen MR) is 50.8 cm³/mol. The molecule has 0 saturated carbocycles. The second-order valence-corrected chi connectivity index (χ2v) is 4.01. The first-order valence-corrected chi connectivity index (χ1v) is 5.20. The zero-order valence-corrected chi connectivity index (χ0v) is 8.29. The molecule has 1 N–H and O–H groups in total. The maximum Gasteiger partial charge on any atom is 0.132 e. The lowest BCUT2D eigenvalue weighted by atomic mass is 10.0. The van der Waals surface area contributed by atoms with Gasteiger partial charge in [0.05, 0.1) is 18.8 Å². The Bertz CT molecular complexity index is 225. The summed E-state index contributed by atoms with van der Waals surface area (Å²) in [7, 11) is 0. The second-order valence-electron chi connectivity index (χ2n) is 4.01. The van der Waals surface area contributed by atoms with Crippen LogP contribution in [0.25, 0.3) is 0 Å².